The second-order valence-electron chi connectivity index (χ2n) is 6.77. The first-order chi connectivity index (χ1) is 12.3. The number of hydrogen-bond acceptors (Lipinski definition) is 2. The fourth-order valence-electron chi connectivity index (χ4n) is 3.44. The van der Waals surface area contributed by atoms with Crippen molar-refractivity contribution in [2.45, 2.75) is 13.0 Å². The zero-order chi connectivity index (χ0) is 17.1. The van der Waals surface area contributed by atoms with Crippen LogP contribution in [0.4, 0.5) is 0 Å². The van der Waals surface area contributed by atoms with Gasteiger partial charge in [-0.05, 0) is 52.1 Å². The van der Waals surface area contributed by atoms with E-state index in [0.29, 0.717) is 6.04 Å². The summed E-state index contributed by atoms with van der Waals surface area (Å²) in [5.41, 5.74) is 5.19. The highest BCUT2D eigenvalue weighted by atomic mass is 15.1. The second kappa shape index (κ2) is 7.22. The average Bonchev–Trinajstić information content (AvgIpc) is 2.68. The third-order valence-corrected chi connectivity index (χ3v) is 4.98. The Labute approximate surface area is 149 Å². The van der Waals surface area contributed by atoms with Gasteiger partial charge in [0.2, 0.25) is 0 Å². The molecule has 3 aromatic carbocycles. The Morgan fingerprint density at radius 3 is 2.60 bits per heavy atom. The highest BCUT2D eigenvalue weighted by Crippen LogP contribution is 2.21. The lowest BCUT2D eigenvalue weighted by molar-refractivity contribution is 0.430. The summed E-state index contributed by atoms with van der Waals surface area (Å²) in [6, 6.07) is 22.3. The molecule has 1 aliphatic rings. The monoisotopic (exact) mass is 328 g/mol. The fourth-order valence-corrected chi connectivity index (χ4v) is 3.44. The maximum Gasteiger partial charge on any atom is 0.0447 e. The minimum atomic E-state index is 0.405. The van der Waals surface area contributed by atoms with E-state index >= 15 is 0 Å². The maximum absolute atomic E-state index is 3.59. The molecule has 0 saturated carbocycles. The first-order valence-electron chi connectivity index (χ1n) is 9.01. The Balaban J connectivity index is 1.60. The van der Waals surface area contributed by atoms with Crippen LogP contribution in [0.3, 0.4) is 0 Å². The molecule has 0 spiro atoms. The fraction of sp³-hybridized carbons (Fsp3) is 0.217. The van der Waals surface area contributed by atoms with E-state index in [2.05, 4.69) is 90.4 Å². The van der Waals surface area contributed by atoms with Crippen molar-refractivity contribution >= 4 is 22.9 Å². The third-order valence-electron chi connectivity index (χ3n) is 4.98. The summed E-state index contributed by atoms with van der Waals surface area (Å²) in [6.07, 6.45) is 4.45. The Bertz CT molecular complexity index is 905. The van der Waals surface area contributed by atoms with Crippen LogP contribution >= 0.6 is 0 Å². The van der Waals surface area contributed by atoms with Gasteiger partial charge in [-0.1, -0.05) is 60.7 Å². The Kier molecular flexibility index (Phi) is 4.64. The SMILES string of the molecule is Cc1ccc(C2CNCCN2)cc1/C=C/c1ccc2ccccc2c1. The van der Waals surface area contributed by atoms with Crippen molar-refractivity contribution in [3.05, 3.63) is 82.9 Å². The quantitative estimate of drug-likeness (QED) is 0.689. The van der Waals surface area contributed by atoms with Gasteiger partial charge >= 0.3 is 0 Å². The number of fused-ring (bicyclic) bond motifs is 1. The summed E-state index contributed by atoms with van der Waals surface area (Å²) in [7, 11) is 0. The van der Waals surface area contributed by atoms with E-state index in [-0.39, 0.29) is 0 Å². The van der Waals surface area contributed by atoms with E-state index in [4.69, 9.17) is 0 Å². The van der Waals surface area contributed by atoms with Gasteiger partial charge in [0.1, 0.15) is 0 Å². The van der Waals surface area contributed by atoms with E-state index in [9.17, 15) is 0 Å². The van der Waals surface area contributed by atoms with Gasteiger partial charge in [0.25, 0.3) is 0 Å². The number of benzene rings is 3. The first-order valence-corrected chi connectivity index (χ1v) is 9.01. The molecule has 4 rings (SSSR count). The lowest BCUT2D eigenvalue weighted by Crippen LogP contribution is -2.42. The average molecular weight is 328 g/mol. The van der Waals surface area contributed by atoms with Crippen LogP contribution in [0.25, 0.3) is 22.9 Å². The zero-order valence-corrected chi connectivity index (χ0v) is 14.6. The van der Waals surface area contributed by atoms with Crippen molar-refractivity contribution in [1.82, 2.24) is 10.6 Å². The van der Waals surface area contributed by atoms with Gasteiger partial charge in [0.15, 0.2) is 0 Å². The van der Waals surface area contributed by atoms with Gasteiger partial charge in [-0.25, -0.2) is 0 Å². The minimum absolute atomic E-state index is 0.405. The van der Waals surface area contributed by atoms with Crippen molar-refractivity contribution in [2.24, 2.45) is 0 Å². The van der Waals surface area contributed by atoms with Crippen LogP contribution in [0, 0.1) is 6.92 Å². The number of piperazine rings is 1. The molecule has 1 atom stereocenters. The van der Waals surface area contributed by atoms with Gasteiger partial charge in [-0.3, -0.25) is 0 Å². The number of rotatable bonds is 3. The molecule has 1 saturated heterocycles. The summed E-state index contributed by atoms with van der Waals surface area (Å²) >= 11 is 0. The van der Waals surface area contributed by atoms with Crippen LogP contribution in [0.1, 0.15) is 28.3 Å². The second-order valence-corrected chi connectivity index (χ2v) is 6.77. The Morgan fingerprint density at radius 2 is 1.76 bits per heavy atom. The molecule has 0 amide bonds. The zero-order valence-electron chi connectivity index (χ0n) is 14.6. The molecule has 126 valence electrons. The van der Waals surface area contributed by atoms with Crippen molar-refractivity contribution in [3.63, 3.8) is 0 Å². The van der Waals surface area contributed by atoms with Crippen molar-refractivity contribution < 1.29 is 0 Å². The first kappa shape index (κ1) is 16.1. The van der Waals surface area contributed by atoms with Crippen LogP contribution < -0.4 is 10.6 Å². The molecule has 2 nitrogen and oxygen atoms in total. The van der Waals surface area contributed by atoms with Gasteiger partial charge in [0.05, 0.1) is 0 Å². The molecule has 1 fully saturated rings. The molecule has 3 aromatic rings. The van der Waals surface area contributed by atoms with Crippen LogP contribution in [-0.2, 0) is 0 Å². The molecule has 25 heavy (non-hydrogen) atoms. The number of aryl methyl sites for hydroxylation is 1. The highest BCUT2D eigenvalue weighted by molar-refractivity contribution is 5.86. The topological polar surface area (TPSA) is 24.1 Å². The molecule has 0 radical (unpaired) electrons. The molecule has 1 unspecified atom stereocenters. The van der Waals surface area contributed by atoms with Gasteiger partial charge in [-0.2, -0.15) is 0 Å². The van der Waals surface area contributed by atoms with Crippen LogP contribution in [0.2, 0.25) is 0 Å². The third kappa shape index (κ3) is 3.65. The Hall–Kier alpha value is -2.42. The number of nitrogens with one attached hydrogen (secondary N) is 2. The Morgan fingerprint density at radius 1 is 0.880 bits per heavy atom. The summed E-state index contributed by atoms with van der Waals surface area (Å²) in [5.74, 6) is 0. The van der Waals surface area contributed by atoms with E-state index in [1.54, 1.807) is 0 Å². The molecule has 2 heteroatoms. The van der Waals surface area contributed by atoms with E-state index < -0.39 is 0 Å². The van der Waals surface area contributed by atoms with Gasteiger partial charge in [0, 0.05) is 25.7 Å². The van der Waals surface area contributed by atoms with Crippen LogP contribution in [0.5, 0.6) is 0 Å². The molecular formula is C23H24N2. The smallest absolute Gasteiger partial charge is 0.0447 e. The molecule has 2 N–H and O–H groups in total. The largest absolute Gasteiger partial charge is 0.314 e. The van der Waals surface area contributed by atoms with Crippen LogP contribution in [-0.4, -0.2) is 19.6 Å². The highest BCUT2D eigenvalue weighted by Gasteiger charge is 2.14. The maximum atomic E-state index is 3.59. The van der Waals surface area contributed by atoms with E-state index in [1.165, 1.54) is 33.0 Å². The lowest BCUT2D eigenvalue weighted by Gasteiger charge is -2.25. The summed E-state index contributed by atoms with van der Waals surface area (Å²) < 4.78 is 0. The predicted octanol–water partition coefficient (Wildman–Crippen LogP) is 4.55. The molecule has 1 heterocycles. The molecule has 0 aromatic heterocycles. The van der Waals surface area contributed by atoms with E-state index in [1.807, 2.05) is 0 Å². The van der Waals surface area contributed by atoms with Crippen molar-refractivity contribution in [1.29, 1.82) is 0 Å². The number of hydrogen-bond donors (Lipinski definition) is 2. The van der Waals surface area contributed by atoms with E-state index in [0.717, 1.165) is 19.6 Å². The normalized spacial score (nSPS) is 18.0. The van der Waals surface area contributed by atoms with Gasteiger partial charge in [-0.15, -0.1) is 0 Å². The van der Waals surface area contributed by atoms with Crippen LogP contribution in [0.15, 0.2) is 60.7 Å². The molecule has 1 aliphatic heterocycles. The van der Waals surface area contributed by atoms with Crippen molar-refractivity contribution in [2.75, 3.05) is 19.6 Å². The molecule has 0 bridgehead atoms. The predicted molar refractivity (Wildman–Crippen MR) is 108 cm³/mol. The lowest BCUT2D eigenvalue weighted by atomic mass is 9.98. The van der Waals surface area contributed by atoms with Gasteiger partial charge < -0.3 is 10.6 Å². The minimum Gasteiger partial charge on any atom is -0.314 e. The summed E-state index contributed by atoms with van der Waals surface area (Å²) in [6.45, 7) is 5.26. The molecule has 0 aliphatic carbocycles. The standard InChI is InChI=1S/C23H24N2/c1-17-6-9-22(23-16-24-12-13-25-23)15-20(17)11-8-18-7-10-19-4-2-3-5-21(19)14-18/h2-11,14-15,23-25H,12-13,16H2,1H3/b11-8+. The molecular weight excluding hydrogens is 304 g/mol. The van der Waals surface area contributed by atoms with Crippen molar-refractivity contribution in [3.8, 4) is 0 Å². The summed E-state index contributed by atoms with van der Waals surface area (Å²) in [4.78, 5) is 0. The summed E-state index contributed by atoms with van der Waals surface area (Å²) in [5, 5.41) is 9.62.